The Kier molecular flexibility index (Phi) is 17.3. The van der Waals surface area contributed by atoms with Gasteiger partial charge in [0.15, 0.2) is 0 Å². The zero-order valence-electron chi connectivity index (χ0n) is 52.8. The maximum absolute atomic E-state index is 2.48. The van der Waals surface area contributed by atoms with Crippen molar-refractivity contribution < 1.29 is 0 Å². The number of rotatable bonds is 18. The van der Waals surface area contributed by atoms with E-state index in [4.69, 9.17) is 0 Å². The number of para-hydroxylation sites is 3. The first-order valence-corrected chi connectivity index (χ1v) is 33.2. The summed E-state index contributed by atoms with van der Waals surface area (Å²) in [5.74, 6) is 0.461. The predicted octanol–water partition coefficient (Wildman–Crippen LogP) is 24.3. The summed E-state index contributed by atoms with van der Waals surface area (Å²) in [7, 11) is 0. The van der Waals surface area contributed by atoms with Crippen LogP contribution in [0.3, 0.4) is 0 Å². The second kappa shape index (κ2) is 27.6. The average Bonchev–Trinajstić information content (AvgIpc) is 0.993. The molecule has 0 heterocycles. The van der Waals surface area contributed by atoms with Crippen LogP contribution in [-0.4, -0.2) is 12.1 Å². The van der Waals surface area contributed by atoms with Crippen molar-refractivity contribution in [3.63, 3.8) is 0 Å². The molecule has 4 aliphatic carbocycles. The normalized spacial score (nSPS) is 16.4. The van der Waals surface area contributed by atoms with Gasteiger partial charge in [0.25, 0.3) is 0 Å². The number of nitrogens with zero attached hydrogens (tertiary/aromatic N) is 4. The van der Waals surface area contributed by atoms with Gasteiger partial charge in [-0.1, -0.05) is 255 Å². The van der Waals surface area contributed by atoms with Gasteiger partial charge in [0.2, 0.25) is 0 Å². The van der Waals surface area contributed by atoms with Gasteiger partial charge in [0, 0.05) is 62.8 Å². The van der Waals surface area contributed by atoms with E-state index >= 15 is 0 Å². The Morgan fingerprint density at radius 1 is 0.255 bits per heavy atom. The molecule has 0 saturated carbocycles. The van der Waals surface area contributed by atoms with Crippen molar-refractivity contribution in [2.75, 3.05) is 19.6 Å². The van der Waals surface area contributed by atoms with E-state index in [2.05, 4.69) is 390 Å². The fourth-order valence-electron chi connectivity index (χ4n) is 13.8. The zero-order valence-corrected chi connectivity index (χ0v) is 52.8. The second-order valence-electron chi connectivity index (χ2n) is 24.6. The van der Waals surface area contributed by atoms with E-state index in [9.17, 15) is 0 Å². The Balaban J connectivity index is 0.620. The van der Waals surface area contributed by atoms with Gasteiger partial charge in [0.1, 0.15) is 0 Å². The Bertz CT molecular complexity index is 4620. The molecule has 3 atom stereocenters. The van der Waals surface area contributed by atoms with Crippen molar-refractivity contribution in [1.29, 1.82) is 0 Å². The van der Waals surface area contributed by atoms with Crippen LogP contribution in [0.4, 0.5) is 51.2 Å². The van der Waals surface area contributed by atoms with Crippen LogP contribution in [0.2, 0.25) is 0 Å². The van der Waals surface area contributed by atoms with E-state index in [-0.39, 0.29) is 12.1 Å². The molecule has 4 heteroatoms. The topological polar surface area (TPSA) is 13.0 Å². The Morgan fingerprint density at radius 3 is 0.989 bits per heavy atom. The SMILES string of the molecule is C1=CCC(C2=CCC(N(c3ccccc3)c3ccc(-c4ccc(N(c5ccc(-c6ccc(-c7ccc(N(c8ccccc8)c8ccc(-c9ccc(N(C%10=CC=C(c%11ccccc%11)CC%10)c%10ccccc%10)cc9)cc8)cc7)cc6)cc5)C5C=CC=CC5)cc4)cc3)C=C2)C=C1. The fourth-order valence-corrected chi connectivity index (χ4v) is 13.8. The lowest BCUT2D eigenvalue weighted by Crippen LogP contribution is -2.30. The molecule has 454 valence electrons. The summed E-state index contributed by atoms with van der Waals surface area (Å²) < 4.78 is 0. The third-order valence-electron chi connectivity index (χ3n) is 18.8. The van der Waals surface area contributed by atoms with E-state index in [1.54, 1.807) is 0 Å². The Labute approximate surface area is 554 Å². The molecule has 0 spiro atoms. The summed E-state index contributed by atoms with van der Waals surface area (Å²) in [6, 6.07) is 107. The van der Waals surface area contributed by atoms with Crippen LogP contribution in [0.1, 0.15) is 37.7 Å². The highest BCUT2D eigenvalue weighted by molar-refractivity contribution is 5.83. The Morgan fingerprint density at radius 2 is 0.606 bits per heavy atom. The van der Waals surface area contributed by atoms with Gasteiger partial charge in [-0.3, -0.25) is 0 Å². The summed E-state index contributed by atoms with van der Waals surface area (Å²) in [5, 5.41) is 0. The molecule has 0 aromatic heterocycles. The lowest BCUT2D eigenvalue weighted by molar-refractivity contribution is 0.731. The summed E-state index contributed by atoms with van der Waals surface area (Å²) in [4.78, 5) is 9.70. The van der Waals surface area contributed by atoms with Crippen LogP contribution in [-0.2, 0) is 0 Å². The first-order chi connectivity index (χ1) is 46.6. The quantitative estimate of drug-likeness (QED) is 0.0849. The maximum Gasteiger partial charge on any atom is 0.0560 e. The molecule has 11 aromatic rings. The zero-order chi connectivity index (χ0) is 62.8. The van der Waals surface area contributed by atoms with Crippen LogP contribution in [0.5, 0.6) is 0 Å². The van der Waals surface area contributed by atoms with Crippen molar-refractivity contribution in [3.8, 4) is 44.5 Å². The standard InChI is InChI=1S/C90H74N4/c1-7-19-67(20-8-1)71-35-51-83(52-36-71)91(79-23-11-3-12-24-79)87-59-43-75(44-60-87)77-47-63-89(64-48-77)93(81-27-15-5-16-28-81)85-55-39-73(40-56-85)69-31-33-70(34-32-69)74-41-57-86(58-42-74)94(82-29-17-6-18-30-82)90-65-49-78(50-66-90)76-45-61-88(62-46-76)92(80-25-13-4-14-26-80)84-53-37-72(38-54-84)68-21-9-2-10-22-68/h1-21,23-29,31-35,37-51,53,55-66,68,82,84H,22,30,36,52,54H2. The number of hydrogen-bond acceptors (Lipinski definition) is 4. The molecule has 15 rings (SSSR count). The average molecular weight is 1210 g/mol. The fraction of sp³-hybridized carbons (Fsp3) is 0.0889. The summed E-state index contributed by atoms with van der Waals surface area (Å²) >= 11 is 0. The number of hydrogen-bond donors (Lipinski definition) is 0. The summed E-state index contributed by atoms with van der Waals surface area (Å²) in [5.41, 5.74) is 25.2. The minimum Gasteiger partial charge on any atom is -0.334 e. The number of benzene rings is 11. The lowest BCUT2D eigenvalue weighted by Gasteiger charge is -2.34. The molecule has 0 bridgehead atoms. The minimum absolute atomic E-state index is 0.192. The molecule has 0 saturated heterocycles. The molecule has 3 unspecified atom stereocenters. The van der Waals surface area contributed by atoms with Gasteiger partial charge in [-0.05, 0) is 209 Å². The molecule has 0 radical (unpaired) electrons. The van der Waals surface area contributed by atoms with E-state index in [1.165, 1.54) is 78.3 Å². The van der Waals surface area contributed by atoms with Gasteiger partial charge in [-0.15, -0.1) is 0 Å². The van der Waals surface area contributed by atoms with Gasteiger partial charge in [0.05, 0.1) is 12.1 Å². The molecule has 94 heavy (non-hydrogen) atoms. The Hall–Kier alpha value is -11.5. The third kappa shape index (κ3) is 12.9. The van der Waals surface area contributed by atoms with E-state index < -0.39 is 0 Å². The molecular weight excluding hydrogens is 1140 g/mol. The number of allylic oxidation sites excluding steroid dienone is 12. The molecule has 4 nitrogen and oxygen atoms in total. The van der Waals surface area contributed by atoms with Crippen LogP contribution in [0.15, 0.2) is 381 Å². The largest absolute Gasteiger partial charge is 0.334 e. The molecular formula is C90H74N4. The van der Waals surface area contributed by atoms with Gasteiger partial charge < -0.3 is 19.6 Å². The van der Waals surface area contributed by atoms with E-state index in [0.717, 1.165) is 71.9 Å². The monoisotopic (exact) mass is 1210 g/mol. The van der Waals surface area contributed by atoms with Gasteiger partial charge >= 0.3 is 0 Å². The number of anilines is 9. The van der Waals surface area contributed by atoms with E-state index in [0.29, 0.717) is 5.92 Å². The second-order valence-corrected chi connectivity index (χ2v) is 24.6. The predicted molar refractivity (Wildman–Crippen MR) is 399 cm³/mol. The van der Waals surface area contributed by atoms with Crippen LogP contribution in [0.25, 0.3) is 50.1 Å². The van der Waals surface area contributed by atoms with Crippen molar-refractivity contribution in [2.45, 2.75) is 44.2 Å². The lowest BCUT2D eigenvalue weighted by atomic mass is 9.87. The summed E-state index contributed by atoms with van der Waals surface area (Å²) in [6.45, 7) is 0. The van der Waals surface area contributed by atoms with Gasteiger partial charge in [-0.25, -0.2) is 0 Å². The molecule has 4 aliphatic rings. The smallest absolute Gasteiger partial charge is 0.0560 e. The maximum atomic E-state index is 2.48. The van der Waals surface area contributed by atoms with Crippen LogP contribution < -0.4 is 19.6 Å². The highest BCUT2D eigenvalue weighted by Gasteiger charge is 2.25. The van der Waals surface area contributed by atoms with Crippen molar-refractivity contribution >= 4 is 56.8 Å². The minimum atomic E-state index is 0.192. The molecule has 0 N–H and O–H groups in total. The summed E-state index contributed by atoms with van der Waals surface area (Å²) in [6.07, 6.45) is 34.5. The van der Waals surface area contributed by atoms with Crippen LogP contribution >= 0.6 is 0 Å². The molecule has 0 fully saturated rings. The van der Waals surface area contributed by atoms with Crippen molar-refractivity contribution in [3.05, 3.63) is 387 Å². The van der Waals surface area contributed by atoms with Crippen LogP contribution in [0, 0.1) is 5.92 Å². The van der Waals surface area contributed by atoms with Gasteiger partial charge in [-0.2, -0.15) is 0 Å². The third-order valence-corrected chi connectivity index (χ3v) is 18.8. The molecule has 0 amide bonds. The highest BCUT2D eigenvalue weighted by Crippen LogP contribution is 2.42. The highest BCUT2D eigenvalue weighted by atomic mass is 15.2. The van der Waals surface area contributed by atoms with Crippen molar-refractivity contribution in [1.82, 2.24) is 0 Å². The first-order valence-electron chi connectivity index (χ1n) is 33.2. The van der Waals surface area contributed by atoms with E-state index in [1.807, 2.05) is 0 Å². The van der Waals surface area contributed by atoms with Crippen molar-refractivity contribution in [2.24, 2.45) is 5.92 Å². The molecule has 11 aromatic carbocycles. The molecule has 0 aliphatic heterocycles. The first kappa shape index (κ1) is 58.9.